The van der Waals surface area contributed by atoms with Crippen molar-refractivity contribution in [1.29, 1.82) is 0 Å². The number of nitrogens with zero attached hydrogens (tertiary/aromatic N) is 1. The van der Waals surface area contributed by atoms with Gasteiger partial charge in [0.25, 0.3) is 0 Å². The van der Waals surface area contributed by atoms with Gasteiger partial charge in [-0.05, 0) is 26.7 Å². The Morgan fingerprint density at radius 3 is 2.25 bits per heavy atom. The minimum Gasteiger partial charge on any atom is -0.307 e. The first-order valence-electron chi connectivity index (χ1n) is 5.93. The largest absolute Gasteiger partial charge is 0.401 e. The molecule has 0 aromatic rings. The van der Waals surface area contributed by atoms with Gasteiger partial charge < -0.3 is 5.32 Å². The van der Waals surface area contributed by atoms with Crippen LogP contribution in [0, 0.1) is 0 Å². The number of hydrogen-bond acceptors (Lipinski definition) is 2. The van der Waals surface area contributed by atoms with Crippen LogP contribution in [0.1, 0.15) is 33.1 Å². The number of likely N-dealkylation sites (tertiary alicyclic amines) is 1. The number of hydrogen-bond donors (Lipinski definition) is 1. The monoisotopic (exact) mass is 238 g/mol. The van der Waals surface area contributed by atoms with E-state index in [1.165, 1.54) is 6.42 Å². The van der Waals surface area contributed by atoms with Gasteiger partial charge in [-0.3, -0.25) is 4.90 Å². The average molecular weight is 238 g/mol. The van der Waals surface area contributed by atoms with Crippen molar-refractivity contribution >= 4 is 0 Å². The summed E-state index contributed by atoms with van der Waals surface area (Å²) < 4.78 is 35.7. The molecule has 0 amide bonds. The topological polar surface area (TPSA) is 15.3 Å². The molecule has 0 unspecified atom stereocenters. The van der Waals surface area contributed by atoms with Crippen LogP contribution in [0.4, 0.5) is 13.2 Å². The lowest BCUT2D eigenvalue weighted by Gasteiger charge is -2.39. The standard InChI is InChI=1S/C11H21F3N2/c1-9-4-3-5-10(2)16(9)7-6-15-8-11(12,13)14/h9-10,15H,3-8H2,1-2H3/t9-,10+. The van der Waals surface area contributed by atoms with E-state index in [1.807, 2.05) is 0 Å². The molecule has 1 N–H and O–H groups in total. The summed E-state index contributed by atoms with van der Waals surface area (Å²) in [6, 6.07) is 0.993. The lowest BCUT2D eigenvalue weighted by molar-refractivity contribution is -0.124. The van der Waals surface area contributed by atoms with E-state index in [4.69, 9.17) is 0 Å². The van der Waals surface area contributed by atoms with Crippen molar-refractivity contribution in [2.45, 2.75) is 51.4 Å². The van der Waals surface area contributed by atoms with Gasteiger partial charge >= 0.3 is 6.18 Å². The average Bonchev–Trinajstić information content (AvgIpc) is 2.14. The number of piperidine rings is 1. The van der Waals surface area contributed by atoms with Crippen molar-refractivity contribution in [3.63, 3.8) is 0 Å². The van der Waals surface area contributed by atoms with Crippen molar-refractivity contribution in [3.05, 3.63) is 0 Å². The highest BCUT2D eigenvalue weighted by molar-refractivity contribution is 4.79. The minimum absolute atomic E-state index is 0.411. The molecule has 1 aliphatic heterocycles. The van der Waals surface area contributed by atoms with Gasteiger partial charge in [0.2, 0.25) is 0 Å². The molecular formula is C11H21F3N2. The Bertz CT molecular complexity index is 196. The van der Waals surface area contributed by atoms with E-state index in [-0.39, 0.29) is 0 Å². The fraction of sp³-hybridized carbons (Fsp3) is 1.00. The lowest BCUT2D eigenvalue weighted by atomic mass is 9.98. The highest BCUT2D eigenvalue weighted by Crippen LogP contribution is 2.21. The first-order chi connectivity index (χ1) is 7.40. The maximum atomic E-state index is 11.9. The second kappa shape index (κ2) is 5.87. The summed E-state index contributed by atoms with van der Waals surface area (Å²) in [6.45, 7) is 4.54. The predicted molar refractivity (Wildman–Crippen MR) is 58.4 cm³/mol. The second-order valence-electron chi connectivity index (χ2n) is 4.66. The zero-order valence-corrected chi connectivity index (χ0v) is 9.98. The van der Waals surface area contributed by atoms with Crippen LogP contribution in [0.15, 0.2) is 0 Å². The van der Waals surface area contributed by atoms with Crippen LogP contribution in [-0.4, -0.2) is 42.8 Å². The zero-order valence-electron chi connectivity index (χ0n) is 9.98. The molecule has 1 heterocycles. The number of alkyl halides is 3. The molecule has 1 aliphatic rings. The van der Waals surface area contributed by atoms with Crippen molar-refractivity contribution in [1.82, 2.24) is 10.2 Å². The van der Waals surface area contributed by atoms with Gasteiger partial charge in [-0.2, -0.15) is 13.2 Å². The molecule has 96 valence electrons. The molecule has 0 spiro atoms. The van der Waals surface area contributed by atoms with Gasteiger partial charge in [0.1, 0.15) is 0 Å². The summed E-state index contributed by atoms with van der Waals surface area (Å²) in [4.78, 5) is 2.30. The molecule has 1 saturated heterocycles. The van der Waals surface area contributed by atoms with E-state index in [1.54, 1.807) is 0 Å². The number of halogens is 3. The van der Waals surface area contributed by atoms with Crippen molar-refractivity contribution in [2.75, 3.05) is 19.6 Å². The van der Waals surface area contributed by atoms with Crippen LogP contribution in [0.25, 0.3) is 0 Å². The Kier molecular flexibility index (Phi) is 5.05. The molecular weight excluding hydrogens is 217 g/mol. The third kappa shape index (κ3) is 4.70. The fourth-order valence-corrected chi connectivity index (χ4v) is 2.35. The molecule has 16 heavy (non-hydrogen) atoms. The van der Waals surface area contributed by atoms with Crippen LogP contribution in [0.2, 0.25) is 0 Å². The highest BCUT2D eigenvalue weighted by atomic mass is 19.4. The molecule has 0 radical (unpaired) electrons. The van der Waals surface area contributed by atoms with E-state index in [2.05, 4.69) is 24.1 Å². The molecule has 0 saturated carbocycles. The maximum Gasteiger partial charge on any atom is 0.401 e. The second-order valence-corrected chi connectivity index (χ2v) is 4.66. The van der Waals surface area contributed by atoms with Crippen LogP contribution in [0.3, 0.4) is 0 Å². The lowest BCUT2D eigenvalue weighted by Crippen LogP contribution is -2.47. The molecule has 0 bridgehead atoms. The van der Waals surface area contributed by atoms with E-state index in [9.17, 15) is 13.2 Å². The first-order valence-corrected chi connectivity index (χ1v) is 5.93. The van der Waals surface area contributed by atoms with Crippen LogP contribution in [-0.2, 0) is 0 Å². The SMILES string of the molecule is C[C@@H]1CCC[C@H](C)N1CCNCC(F)(F)F. The van der Waals surface area contributed by atoms with Gasteiger partial charge in [0.15, 0.2) is 0 Å². The summed E-state index contributed by atoms with van der Waals surface area (Å²) in [7, 11) is 0. The highest BCUT2D eigenvalue weighted by Gasteiger charge is 2.27. The number of rotatable bonds is 4. The predicted octanol–water partition coefficient (Wildman–Crippen LogP) is 2.40. The minimum atomic E-state index is -4.10. The van der Waals surface area contributed by atoms with Gasteiger partial charge in [-0.1, -0.05) is 6.42 Å². The van der Waals surface area contributed by atoms with E-state index in [0.29, 0.717) is 25.2 Å². The molecule has 0 aromatic heterocycles. The smallest absolute Gasteiger partial charge is 0.307 e. The quantitative estimate of drug-likeness (QED) is 0.757. The normalized spacial score (nSPS) is 28.3. The summed E-state index contributed by atoms with van der Waals surface area (Å²) in [5, 5.41) is 2.45. The van der Waals surface area contributed by atoms with Crippen LogP contribution < -0.4 is 5.32 Å². The fourth-order valence-electron chi connectivity index (χ4n) is 2.35. The van der Waals surface area contributed by atoms with Crippen molar-refractivity contribution < 1.29 is 13.2 Å². The van der Waals surface area contributed by atoms with Crippen molar-refractivity contribution in [3.8, 4) is 0 Å². The van der Waals surface area contributed by atoms with Gasteiger partial charge in [0.05, 0.1) is 6.54 Å². The Balaban J connectivity index is 2.20. The zero-order chi connectivity index (χ0) is 12.2. The first kappa shape index (κ1) is 13.8. The Morgan fingerprint density at radius 2 is 1.75 bits per heavy atom. The summed E-state index contributed by atoms with van der Waals surface area (Å²) in [5.74, 6) is 0. The Labute approximate surface area is 95.2 Å². The third-order valence-corrected chi connectivity index (χ3v) is 3.25. The summed E-state index contributed by atoms with van der Waals surface area (Å²) in [6.07, 6.45) is -0.554. The van der Waals surface area contributed by atoms with E-state index >= 15 is 0 Å². The molecule has 1 rings (SSSR count). The Morgan fingerprint density at radius 1 is 1.19 bits per heavy atom. The van der Waals surface area contributed by atoms with Gasteiger partial charge in [-0.15, -0.1) is 0 Å². The maximum absolute atomic E-state index is 11.9. The Hall–Kier alpha value is -0.290. The summed E-state index contributed by atoms with van der Waals surface area (Å²) >= 11 is 0. The third-order valence-electron chi connectivity index (χ3n) is 3.25. The van der Waals surface area contributed by atoms with Crippen LogP contribution >= 0.6 is 0 Å². The summed E-state index contributed by atoms with van der Waals surface area (Å²) in [5.41, 5.74) is 0. The van der Waals surface area contributed by atoms with Gasteiger partial charge in [-0.25, -0.2) is 0 Å². The molecule has 2 atom stereocenters. The van der Waals surface area contributed by atoms with E-state index < -0.39 is 12.7 Å². The molecule has 1 fully saturated rings. The number of nitrogens with one attached hydrogen (secondary N) is 1. The molecule has 0 aliphatic carbocycles. The molecule has 0 aromatic carbocycles. The van der Waals surface area contributed by atoms with E-state index in [0.717, 1.165) is 12.8 Å². The van der Waals surface area contributed by atoms with Gasteiger partial charge in [0, 0.05) is 25.2 Å². The molecule has 2 nitrogen and oxygen atoms in total. The van der Waals surface area contributed by atoms with Crippen molar-refractivity contribution in [2.24, 2.45) is 0 Å². The molecule has 5 heteroatoms. The van der Waals surface area contributed by atoms with Crippen LogP contribution in [0.5, 0.6) is 0 Å².